The molecule has 1 aromatic heterocycles. The summed E-state index contributed by atoms with van der Waals surface area (Å²) in [4.78, 5) is 16.0. The number of hydrogen-bond acceptors (Lipinski definition) is 3. The van der Waals surface area contributed by atoms with E-state index in [0.717, 1.165) is 6.42 Å². The van der Waals surface area contributed by atoms with Crippen molar-refractivity contribution in [3.05, 3.63) is 59.9 Å². The average molecular weight is 253 g/mol. The molecule has 96 valence electrons. The molecule has 3 N–H and O–H groups in total. The van der Waals surface area contributed by atoms with Crippen LogP contribution in [0.1, 0.15) is 28.4 Å². The van der Waals surface area contributed by atoms with Gasteiger partial charge in [-0.25, -0.2) is 4.98 Å². The molecule has 0 aliphatic heterocycles. The summed E-state index contributed by atoms with van der Waals surface area (Å²) in [5.41, 5.74) is 7.79. The van der Waals surface area contributed by atoms with Gasteiger partial charge in [0.2, 0.25) is 0 Å². The molecule has 3 rings (SSSR count). The van der Waals surface area contributed by atoms with Crippen molar-refractivity contribution in [3.8, 4) is 0 Å². The van der Waals surface area contributed by atoms with Gasteiger partial charge in [0.25, 0.3) is 5.91 Å². The summed E-state index contributed by atoms with van der Waals surface area (Å²) in [7, 11) is 0. The highest BCUT2D eigenvalue weighted by Crippen LogP contribution is 2.40. The predicted octanol–water partition coefficient (Wildman–Crippen LogP) is 1.95. The third-order valence-corrected chi connectivity index (χ3v) is 3.35. The van der Waals surface area contributed by atoms with E-state index in [-0.39, 0.29) is 11.9 Å². The Morgan fingerprint density at radius 3 is 2.68 bits per heavy atom. The summed E-state index contributed by atoms with van der Waals surface area (Å²) in [5, 5.41) is 3.00. The quantitative estimate of drug-likeness (QED) is 0.878. The molecule has 1 amide bonds. The predicted molar refractivity (Wildman–Crippen MR) is 73.7 cm³/mol. The third-order valence-electron chi connectivity index (χ3n) is 3.35. The van der Waals surface area contributed by atoms with Gasteiger partial charge in [-0.05, 0) is 24.1 Å². The number of anilines is 1. The maximum atomic E-state index is 12.0. The number of carbonyl (C=O) groups is 1. The van der Waals surface area contributed by atoms with Gasteiger partial charge in [0, 0.05) is 12.0 Å². The van der Waals surface area contributed by atoms with Crippen molar-refractivity contribution < 1.29 is 4.79 Å². The summed E-state index contributed by atoms with van der Waals surface area (Å²) in [6.45, 7) is 0. The zero-order valence-corrected chi connectivity index (χ0v) is 10.4. The Labute approximate surface area is 111 Å². The van der Waals surface area contributed by atoms with Gasteiger partial charge in [-0.2, -0.15) is 0 Å². The van der Waals surface area contributed by atoms with Gasteiger partial charge in [-0.15, -0.1) is 0 Å². The Kier molecular flexibility index (Phi) is 2.91. The van der Waals surface area contributed by atoms with Gasteiger partial charge in [0.05, 0.1) is 11.9 Å². The lowest BCUT2D eigenvalue weighted by molar-refractivity contribution is 0.0945. The van der Waals surface area contributed by atoms with Crippen LogP contribution in [-0.2, 0) is 0 Å². The monoisotopic (exact) mass is 253 g/mol. The average Bonchev–Trinajstić information content (AvgIpc) is 3.20. The molecule has 0 saturated heterocycles. The maximum absolute atomic E-state index is 12.0. The fourth-order valence-corrected chi connectivity index (χ4v) is 2.21. The molecular formula is C15H15N3O. The number of nitrogens with one attached hydrogen (secondary N) is 1. The van der Waals surface area contributed by atoms with E-state index in [0.29, 0.717) is 17.3 Å². The first-order valence-corrected chi connectivity index (χ1v) is 6.31. The van der Waals surface area contributed by atoms with Crippen LogP contribution in [0.25, 0.3) is 0 Å². The van der Waals surface area contributed by atoms with Crippen molar-refractivity contribution in [2.75, 3.05) is 5.73 Å². The van der Waals surface area contributed by atoms with Gasteiger partial charge in [0.15, 0.2) is 0 Å². The number of carbonyl (C=O) groups excluding carboxylic acids is 1. The minimum Gasteiger partial charge on any atom is -0.397 e. The first-order valence-electron chi connectivity index (χ1n) is 6.31. The molecular weight excluding hydrogens is 238 g/mol. The highest BCUT2D eigenvalue weighted by molar-refractivity contribution is 5.92. The molecule has 4 heteroatoms. The van der Waals surface area contributed by atoms with Crippen LogP contribution in [-0.4, -0.2) is 16.9 Å². The zero-order chi connectivity index (χ0) is 13.2. The number of benzene rings is 1. The van der Waals surface area contributed by atoms with Crippen LogP contribution in [0.15, 0.2) is 48.7 Å². The molecule has 2 aromatic rings. The number of amides is 1. The van der Waals surface area contributed by atoms with Crippen molar-refractivity contribution in [2.45, 2.75) is 18.4 Å². The lowest BCUT2D eigenvalue weighted by Crippen LogP contribution is -2.27. The normalized spacial score (nSPS) is 20.8. The second kappa shape index (κ2) is 4.72. The van der Waals surface area contributed by atoms with Crippen LogP contribution >= 0.6 is 0 Å². The molecule has 2 atom stereocenters. The van der Waals surface area contributed by atoms with Crippen molar-refractivity contribution >= 4 is 11.6 Å². The van der Waals surface area contributed by atoms with Crippen molar-refractivity contribution in [1.29, 1.82) is 0 Å². The van der Waals surface area contributed by atoms with Crippen LogP contribution in [0.5, 0.6) is 0 Å². The van der Waals surface area contributed by atoms with Crippen molar-refractivity contribution in [3.63, 3.8) is 0 Å². The van der Waals surface area contributed by atoms with Crippen molar-refractivity contribution in [1.82, 2.24) is 10.3 Å². The topological polar surface area (TPSA) is 68.0 Å². The summed E-state index contributed by atoms with van der Waals surface area (Å²) < 4.78 is 0. The summed E-state index contributed by atoms with van der Waals surface area (Å²) in [6, 6.07) is 13.8. The highest BCUT2D eigenvalue weighted by Gasteiger charge is 2.39. The number of nitrogens with two attached hydrogens (primary N) is 1. The van der Waals surface area contributed by atoms with Gasteiger partial charge < -0.3 is 11.1 Å². The van der Waals surface area contributed by atoms with Crippen LogP contribution in [0, 0.1) is 0 Å². The minimum atomic E-state index is -0.136. The fraction of sp³-hybridized carbons (Fsp3) is 0.200. The third kappa shape index (κ3) is 2.57. The Bertz CT molecular complexity index is 580. The molecule has 0 radical (unpaired) electrons. The summed E-state index contributed by atoms with van der Waals surface area (Å²) >= 11 is 0. The Balaban J connectivity index is 1.62. The Morgan fingerprint density at radius 2 is 2.00 bits per heavy atom. The molecule has 0 spiro atoms. The van der Waals surface area contributed by atoms with Crippen LogP contribution in [0.3, 0.4) is 0 Å². The van der Waals surface area contributed by atoms with E-state index in [1.54, 1.807) is 12.1 Å². The SMILES string of the molecule is Nc1ccc(C(=O)NC2CC2c2ccccc2)nc1. The highest BCUT2D eigenvalue weighted by atomic mass is 16.2. The first kappa shape index (κ1) is 11.7. The molecule has 2 unspecified atom stereocenters. The van der Waals surface area contributed by atoms with Crippen molar-refractivity contribution in [2.24, 2.45) is 0 Å². The molecule has 4 nitrogen and oxygen atoms in total. The Hall–Kier alpha value is -2.36. The molecule has 1 heterocycles. The molecule has 1 saturated carbocycles. The van der Waals surface area contributed by atoms with Crippen LogP contribution in [0.2, 0.25) is 0 Å². The first-order chi connectivity index (χ1) is 9.24. The largest absolute Gasteiger partial charge is 0.397 e. The van der Waals surface area contributed by atoms with E-state index in [1.165, 1.54) is 11.8 Å². The van der Waals surface area contributed by atoms with Gasteiger partial charge >= 0.3 is 0 Å². The molecule has 1 aliphatic carbocycles. The molecule has 1 aliphatic rings. The number of rotatable bonds is 3. The lowest BCUT2D eigenvalue weighted by Gasteiger charge is -2.04. The second-order valence-electron chi connectivity index (χ2n) is 4.81. The van der Waals surface area contributed by atoms with Crippen LogP contribution in [0.4, 0.5) is 5.69 Å². The minimum absolute atomic E-state index is 0.136. The second-order valence-corrected chi connectivity index (χ2v) is 4.81. The zero-order valence-electron chi connectivity index (χ0n) is 10.4. The number of nitrogen functional groups attached to an aromatic ring is 1. The number of pyridine rings is 1. The van der Waals surface area contributed by atoms with E-state index < -0.39 is 0 Å². The standard InChI is InChI=1S/C15H15N3O/c16-11-6-7-13(17-9-11)15(19)18-14-8-12(14)10-4-2-1-3-5-10/h1-7,9,12,14H,8,16H2,(H,18,19). The smallest absolute Gasteiger partial charge is 0.270 e. The van der Waals surface area contributed by atoms with E-state index in [9.17, 15) is 4.79 Å². The summed E-state index contributed by atoms with van der Waals surface area (Å²) in [6.07, 6.45) is 2.49. The molecule has 1 aromatic carbocycles. The Morgan fingerprint density at radius 1 is 1.21 bits per heavy atom. The number of aromatic nitrogens is 1. The number of nitrogens with zero attached hydrogens (tertiary/aromatic N) is 1. The fourth-order valence-electron chi connectivity index (χ4n) is 2.21. The van der Waals surface area contributed by atoms with Gasteiger partial charge in [-0.1, -0.05) is 30.3 Å². The van der Waals surface area contributed by atoms with Gasteiger partial charge in [0.1, 0.15) is 5.69 Å². The van der Waals surface area contributed by atoms with Crippen LogP contribution < -0.4 is 11.1 Å². The maximum Gasteiger partial charge on any atom is 0.270 e. The van der Waals surface area contributed by atoms with E-state index in [2.05, 4.69) is 22.4 Å². The molecule has 19 heavy (non-hydrogen) atoms. The van der Waals surface area contributed by atoms with E-state index >= 15 is 0 Å². The van der Waals surface area contributed by atoms with E-state index in [4.69, 9.17) is 5.73 Å². The number of hydrogen-bond donors (Lipinski definition) is 2. The molecule has 1 fully saturated rings. The molecule has 0 bridgehead atoms. The lowest BCUT2D eigenvalue weighted by atomic mass is 10.1. The van der Waals surface area contributed by atoms with Gasteiger partial charge in [-0.3, -0.25) is 4.79 Å². The summed E-state index contributed by atoms with van der Waals surface area (Å²) in [5.74, 6) is 0.294. The van der Waals surface area contributed by atoms with E-state index in [1.807, 2.05) is 18.2 Å².